The number of carbonyl (C=O) groups is 1. The van der Waals surface area contributed by atoms with Crippen molar-refractivity contribution in [2.24, 2.45) is 5.73 Å². The molecule has 0 heterocycles. The van der Waals surface area contributed by atoms with Crippen LogP contribution < -0.4 is 11.1 Å². The molecule has 4 heteroatoms. The molecule has 0 aliphatic heterocycles. The van der Waals surface area contributed by atoms with E-state index in [2.05, 4.69) is 12.2 Å². The van der Waals surface area contributed by atoms with E-state index < -0.39 is 0 Å². The number of nitrogens with one attached hydrogen (secondary N) is 1. The number of amides is 1. The van der Waals surface area contributed by atoms with Crippen LogP contribution in [0.5, 0.6) is 0 Å². The van der Waals surface area contributed by atoms with Gasteiger partial charge in [0, 0.05) is 19.3 Å². The summed E-state index contributed by atoms with van der Waals surface area (Å²) in [7, 11) is 0. The predicted octanol–water partition coefficient (Wildman–Crippen LogP) is 0.409. The fraction of sp³-hybridized carbons (Fsp3) is 0.900. The molecule has 1 unspecified atom stereocenters. The third-order valence-corrected chi connectivity index (χ3v) is 2.26. The highest BCUT2D eigenvalue weighted by molar-refractivity contribution is 5.79. The van der Waals surface area contributed by atoms with Crippen LogP contribution in [-0.2, 0) is 9.53 Å². The minimum absolute atomic E-state index is 0.209. The lowest BCUT2D eigenvalue weighted by molar-refractivity contribution is -0.120. The predicted molar refractivity (Wildman–Crippen MR) is 54.9 cm³/mol. The zero-order valence-corrected chi connectivity index (χ0v) is 8.79. The highest BCUT2D eigenvalue weighted by atomic mass is 16.5. The van der Waals surface area contributed by atoms with E-state index in [1.807, 2.05) is 0 Å². The van der Waals surface area contributed by atoms with Gasteiger partial charge in [-0.2, -0.15) is 0 Å². The van der Waals surface area contributed by atoms with Crippen molar-refractivity contribution < 1.29 is 9.53 Å². The molecule has 0 aromatic heterocycles. The van der Waals surface area contributed by atoms with Crippen molar-refractivity contribution in [3.8, 4) is 0 Å². The van der Waals surface area contributed by atoms with Gasteiger partial charge in [0.25, 0.3) is 0 Å². The molecule has 0 spiro atoms. The Kier molecular flexibility index (Phi) is 4.90. The van der Waals surface area contributed by atoms with Crippen molar-refractivity contribution in [1.29, 1.82) is 0 Å². The Balaban J connectivity index is 2.10. The van der Waals surface area contributed by atoms with Crippen molar-refractivity contribution >= 4 is 5.91 Å². The molecule has 1 saturated carbocycles. The van der Waals surface area contributed by atoms with Gasteiger partial charge >= 0.3 is 0 Å². The van der Waals surface area contributed by atoms with Crippen LogP contribution in [0.2, 0.25) is 0 Å². The summed E-state index contributed by atoms with van der Waals surface area (Å²) < 4.78 is 5.32. The quantitative estimate of drug-likeness (QED) is 0.558. The number of ether oxygens (including phenoxy) is 1. The van der Waals surface area contributed by atoms with Crippen LogP contribution in [0, 0.1) is 0 Å². The molecule has 3 N–H and O–H groups in total. The lowest BCUT2D eigenvalue weighted by Crippen LogP contribution is -2.43. The summed E-state index contributed by atoms with van der Waals surface area (Å²) in [6.07, 6.45) is 4.03. The summed E-state index contributed by atoms with van der Waals surface area (Å²) in [5.41, 5.74) is 5.27. The molecule has 0 radical (unpaired) electrons. The molecular weight excluding hydrogens is 180 g/mol. The number of carbonyl (C=O) groups excluding carboxylic acids is 1. The van der Waals surface area contributed by atoms with Crippen LogP contribution in [-0.4, -0.2) is 31.2 Å². The number of nitrogens with two attached hydrogens (primary N) is 1. The van der Waals surface area contributed by atoms with Crippen LogP contribution >= 0.6 is 0 Å². The minimum atomic E-state index is -0.267. The molecular formula is C10H20N2O2. The average Bonchev–Trinajstić information content (AvgIpc) is 2.93. The van der Waals surface area contributed by atoms with Gasteiger partial charge in [0.15, 0.2) is 0 Å². The number of hydrogen-bond donors (Lipinski definition) is 2. The zero-order chi connectivity index (χ0) is 10.4. The molecule has 0 aromatic carbocycles. The molecule has 0 saturated heterocycles. The highest BCUT2D eigenvalue weighted by Crippen LogP contribution is 2.19. The van der Waals surface area contributed by atoms with Crippen LogP contribution in [0.1, 0.15) is 32.6 Å². The zero-order valence-electron chi connectivity index (χ0n) is 8.79. The Bertz CT molecular complexity index is 181. The van der Waals surface area contributed by atoms with Gasteiger partial charge in [-0.05, 0) is 25.7 Å². The first-order valence-corrected chi connectivity index (χ1v) is 5.37. The third kappa shape index (κ3) is 4.58. The second-order valence-corrected chi connectivity index (χ2v) is 3.80. The molecule has 14 heavy (non-hydrogen) atoms. The van der Waals surface area contributed by atoms with Gasteiger partial charge in [0.05, 0.1) is 6.04 Å². The highest BCUT2D eigenvalue weighted by Gasteiger charge is 2.26. The van der Waals surface area contributed by atoms with Crippen molar-refractivity contribution in [2.75, 3.05) is 13.2 Å². The summed E-state index contributed by atoms with van der Waals surface area (Å²) in [6, 6.07) is 0.304. The smallest absolute Gasteiger partial charge is 0.234 e. The Morgan fingerprint density at radius 2 is 2.29 bits per heavy atom. The van der Waals surface area contributed by atoms with E-state index in [0.717, 1.165) is 13.0 Å². The maximum absolute atomic E-state index is 11.0. The van der Waals surface area contributed by atoms with E-state index in [-0.39, 0.29) is 11.9 Å². The summed E-state index contributed by atoms with van der Waals surface area (Å²) in [4.78, 5) is 11.0. The third-order valence-electron chi connectivity index (χ3n) is 2.26. The number of hydrogen-bond acceptors (Lipinski definition) is 3. The lowest BCUT2D eigenvalue weighted by atomic mass is 10.2. The van der Waals surface area contributed by atoms with Gasteiger partial charge in [-0.1, -0.05) is 6.92 Å². The largest absolute Gasteiger partial charge is 0.381 e. The molecule has 1 atom stereocenters. The van der Waals surface area contributed by atoms with Gasteiger partial charge < -0.3 is 15.8 Å². The van der Waals surface area contributed by atoms with Gasteiger partial charge in [0.2, 0.25) is 5.91 Å². The van der Waals surface area contributed by atoms with Crippen molar-refractivity contribution in [3.63, 3.8) is 0 Å². The van der Waals surface area contributed by atoms with Crippen LogP contribution in [0.15, 0.2) is 0 Å². The molecule has 0 aromatic rings. The summed E-state index contributed by atoms with van der Waals surface area (Å²) in [5, 5.41) is 3.21. The first-order valence-electron chi connectivity index (χ1n) is 5.37. The minimum Gasteiger partial charge on any atom is -0.381 e. The second kappa shape index (κ2) is 5.98. The van der Waals surface area contributed by atoms with Crippen LogP contribution in [0.4, 0.5) is 0 Å². The van der Waals surface area contributed by atoms with Crippen LogP contribution in [0.3, 0.4) is 0 Å². The summed E-state index contributed by atoms with van der Waals surface area (Å²) in [6.45, 7) is 3.43. The normalized spacial score (nSPS) is 18.1. The summed E-state index contributed by atoms with van der Waals surface area (Å²) >= 11 is 0. The Hall–Kier alpha value is -0.610. The molecule has 0 bridgehead atoms. The van der Waals surface area contributed by atoms with Gasteiger partial charge in [-0.15, -0.1) is 0 Å². The molecule has 4 nitrogen and oxygen atoms in total. The van der Waals surface area contributed by atoms with E-state index >= 15 is 0 Å². The van der Waals surface area contributed by atoms with Crippen molar-refractivity contribution in [3.05, 3.63) is 0 Å². The maximum Gasteiger partial charge on any atom is 0.234 e. The molecule has 1 fully saturated rings. The monoisotopic (exact) mass is 200 g/mol. The van der Waals surface area contributed by atoms with E-state index in [0.29, 0.717) is 19.1 Å². The Labute approximate surface area is 85.2 Å². The second-order valence-electron chi connectivity index (χ2n) is 3.80. The van der Waals surface area contributed by atoms with Crippen molar-refractivity contribution in [2.45, 2.75) is 44.7 Å². The van der Waals surface area contributed by atoms with Crippen molar-refractivity contribution in [1.82, 2.24) is 5.32 Å². The Morgan fingerprint density at radius 1 is 1.57 bits per heavy atom. The fourth-order valence-electron chi connectivity index (χ4n) is 1.29. The standard InChI is InChI=1S/C10H20N2O2/c1-2-6-14-7-5-9(10(11)13)12-8-3-4-8/h8-9,12H,2-7H2,1H3,(H2,11,13). The van der Waals surface area contributed by atoms with Gasteiger partial charge in [-0.25, -0.2) is 0 Å². The van der Waals surface area contributed by atoms with Gasteiger partial charge in [0.1, 0.15) is 0 Å². The first kappa shape index (κ1) is 11.5. The maximum atomic E-state index is 11.0. The fourth-order valence-corrected chi connectivity index (χ4v) is 1.29. The topological polar surface area (TPSA) is 64.3 Å². The molecule has 1 rings (SSSR count). The summed E-state index contributed by atoms with van der Waals surface area (Å²) in [5.74, 6) is -0.267. The van der Waals surface area contributed by atoms with E-state index in [4.69, 9.17) is 10.5 Å². The van der Waals surface area contributed by atoms with E-state index in [1.165, 1.54) is 12.8 Å². The molecule has 1 aliphatic carbocycles. The lowest BCUT2D eigenvalue weighted by Gasteiger charge is -2.14. The van der Waals surface area contributed by atoms with E-state index in [1.54, 1.807) is 0 Å². The number of rotatable bonds is 8. The first-order chi connectivity index (χ1) is 6.74. The molecule has 1 aliphatic rings. The molecule has 1 amide bonds. The van der Waals surface area contributed by atoms with Crippen LogP contribution in [0.25, 0.3) is 0 Å². The average molecular weight is 200 g/mol. The SMILES string of the molecule is CCCOCCC(NC1CC1)C(N)=O. The van der Waals surface area contributed by atoms with E-state index in [9.17, 15) is 4.79 Å². The number of primary amides is 1. The van der Waals surface area contributed by atoms with Gasteiger partial charge in [-0.3, -0.25) is 4.79 Å². The Morgan fingerprint density at radius 3 is 2.79 bits per heavy atom. The molecule has 82 valence electrons.